The minimum absolute atomic E-state index is 0.338. The second kappa shape index (κ2) is 6.34. The maximum atomic E-state index is 12.3. The molecular weight excluding hydrogens is 324 g/mol. The molecule has 0 spiro atoms. The van der Waals surface area contributed by atoms with Crippen LogP contribution in [0.3, 0.4) is 0 Å². The van der Waals surface area contributed by atoms with Crippen LogP contribution in [0.4, 0.5) is 0 Å². The number of furan rings is 1. The van der Waals surface area contributed by atoms with Crippen LogP contribution < -0.4 is 0 Å². The first-order valence-electron chi connectivity index (χ1n) is 8.72. The average Bonchev–Trinajstić information content (AvgIpc) is 3.15. The van der Waals surface area contributed by atoms with Crippen LogP contribution in [0.1, 0.15) is 35.7 Å². The molecule has 0 saturated carbocycles. The Kier molecular flexibility index (Phi) is 4.00. The van der Waals surface area contributed by atoms with Crippen molar-refractivity contribution in [2.24, 2.45) is 0 Å². The van der Waals surface area contributed by atoms with E-state index in [0.717, 1.165) is 33.4 Å². The lowest BCUT2D eigenvalue weighted by Gasteiger charge is -2.00. The van der Waals surface area contributed by atoms with Gasteiger partial charge in [0.2, 0.25) is 0 Å². The van der Waals surface area contributed by atoms with Gasteiger partial charge in [0, 0.05) is 10.9 Å². The second-order valence-corrected chi connectivity index (χ2v) is 6.76. The Morgan fingerprint density at radius 2 is 1.65 bits per heavy atom. The van der Waals surface area contributed by atoms with E-state index in [1.807, 2.05) is 42.5 Å². The number of carbonyl (C=O) groups is 1. The summed E-state index contributed by atoms with van der Waals surface area (Å²) in [5.74, 6) is 0.820. The summed E-state index contributed by atoms with van der Waals surface area (Å²) < 4.78 is 11.0. The Hall–Kier alpha value is -3.07. The van der Waals surface area contributed by atoms with Crippen molar-refractivity contribution in [3.05, 3.63) is 71.8 Å². The minimum Gasteiger partial charge on any atom is -0.465 e. The highest BCUT2D eigenvalue weighted by Crippen LogP contribution is 2.41. The van der Waals surface area contributed by atoms with Gasteiger partial charge < -0.3 is 9.15 Å². The topological polar surface area (TPSA) is 39.4 Å². The van der Waals surface area contributed by atoms with E-state index in [2.05, 4.69) is 32.0 Å². The molecule has 130 valence electrons. The van der Waals surface area contributed by atoms with E-state index in [4.69, 9.17) is 9.15 Å². The van der Waals surface area contributed by atoms with Gasteiger partial charge in [-0.15, -0.1) is 0 Å². The molecule has 0 bridgehead atoms. The van der Waals surface area contributed by atoms with Gasteiger partial charge in [-0.25, -0.2) is 4.79 Å². The average molecular weight is 344 g/mol. The zero-order valence-electron chi connectivity index (χ0n) is 15.1. The van der Waals surface area contributed by atoms with E-state index in [1.54, 1.807) is 0 Å². The van der Waals surface area contributed by atoms with Crippen LogP contribution in [-0.4, -0.2) is 13.1 Å². The Balaban J connectivity index is 1.97. The first-order valence-corrected chi connectivity index (χ1v) is 8.72. The SMILES string of the molecule is COC(=O)c1cc(-c2cc3ccccc3o2)c2ccc(C(C)C)ccc1-2. The van der Waals surface area contributed by atoms with Crippen LogP contribution in [0, 0.1) is 0 Å². The smallest absolute Gasteiger partial charge is 0.338 e. The molecule has 2 aromatic rings. The van der Waals surface area contributed by atoms with Crippen molar-refractivity contribution in [1.29, 1.82) is 0 Å². The molecule has 4 rings (SSSR count). The lowest BCUT2D eigenvalue weighted by molar-refractivity contribution is 0.0602. The number of methoxy groups -OCH3 is 1. The lowest BCUT2D eigenvalue weighted by atomic mass is 10.1. The zero-order chi connectivity index (χ0) is 18.3. The van der Waals surface area contributed by atoms with Crippen LogP contribution in [0.15, 0.2) is 65.1 Å². The fourth-order valence-corrected chi connectivity index (χ4v) is 3.35. The van der Waals surface area contributed by atoms with Crippen molar-refractivity contribution < 1.29 is 13.9 Å². The van der Waals surface area contributed by atoms with Gasteiger partial charge in [0.05, 0.1) is 12.7 Å². The van der Waals surface area contributed by atoms with E-state index in [-0.39, 0.29) is 5.97 Å². The number of fused-ring (bicyclic) bond motifs is 2. The van der Waals surface area contributed by atoms with Gasteiger partial charge >= 0.3 is 5.97 Å². The molecule has 0 radical (unpaired) electrons. The molecule has 1 aromatic heterocycles. The molecule has 2 aliphatic rings. The Morgan fingerprint density at radius 3 is 2.35 bits per heavy atom. The molecule has 0 fully saturated rings. The summed E-state index contributed by atoms with van der Waals surface area (Å²) in [6, 6.07) is 20.0. The number of esters is 1. The first-order chi connectivity index (χ1) is 12.6. The molecule has 1 aromatic carbocycles. The summed E-state index contributed by atoms with van der Waals surface area (Å²) in [5.41, 5.74) is 5.37. The van der Waals surface area contributed by atoms with Crippen molar-refractivity contribution in [1.82, 2.24) is 0 Å². The molecule has 1 heterocycles. The molecule has 0 saturated heterocycles. The van der Waals surface area contributed by atoms with Crippen molar-refractivity contribution in [3.63, 3.8) is 0 Å². The number of hydrogen-bond acceptors (Lipinski definition) is 3. The van der Waals surface area contributed by atoms with E-state index >= 15 is 0 Å². The third kappa shape index (κ3) is 2.66. The van der Waals surface area contributed by atoms with Crippen LogP contribution >= 0.6 is 0 Å². The Bertz CT molecular complexity index is 1040. The van der Waals surface area contributed by atoms with Crippen LogP contribution in [-0.2, 0) is 4.74 Å². The Labute approximate surface area is 152 Å². The van der Waals surface area contributed by atoms with Gasteiger partial charge in [-0.2, -0.15) is 0 Å². The fraction of sp³-hybridized carbons (Fsp3) is 0.174. The number of carbonyl (C=O) groups excluding carboxylic acids is 1. The predicted molar refractivity (Wildman–Crippen MR) is 104 cm³/mol. The first kappa shape index (κ1) is 16.4. The standard InChI is InChI=1S/C23H20O3/c1-14(2)15-8-10-17-18(11-9-15)20(23(24)25-3)13-19(17)22-12-16-6-4-5-7-21(16)26-22/h4-14H,1-3H3. The van der Waals surface area contributed by atoms with Crippen molar-refractivity contribution in [2.75, 3.05) is 7.11 Å². The highest BCUT2D eigenvalue weighted by Gasteiger charge is 2.23. The molecule has 3 heteroatoms. The van der Waals surface area contributed by atoms with E-state index < -0.39 is 0 Å². The van der Waals surface area contributed by atoms with Gasteiger partial charge in [0.25, 0.3) is 0 Å². The summed E-state index contributed by atoms with van der Waals surface area (Å²) in [7, 11) is 1.41. The summed E-state index contributed by atoms with van der Waals surface area (Å²) in [5, 5.41) is 1.04. The molecular formula is C23H20O3. The van der Waals surface area contributed by atoms with Gasteiger partial charge in [-0.3, -0.25) is 0 Å². The maximum Gasteiger partial charge on any atom is 0.338 e. The molecule has 0 N–H and O–H groups in total. The van der Waals surface area contributed by atoms with Crippen LogP contribution in [0.25, 0.3) is 33.4 Å². The number of para-hydroxylation sites is 1. The number of ether oxygens (including phenoxy) is 1. The van der Waals surface area contributed by atoms with Gasteiger partial charge in [0.1, 0.15) is 11.3 Å². The summed E-state index contributed by atoms with van der Waals surface area (Å²) in [4.78, 5) is 12.3. The lowest BCUT2D eigenvalue weighted by Crippen LogP contribution is -1.99. The third-order valence-electron chi connectivity index (χ3n) is 4.81. The fourth-order valence-electron chi connectivity index (χ4n) is 3.35. The van der Waals surface area contributed by atoms with Crippen LogP contribution in [0.5, 0.6) is 0 Å². The summed E-state index contributed by atoms with van der Waals surface area (Å²) >= 11 is 0. The molecule has 3 nitrogen and oxygen atoms in total. The van der Waals surface area contributed by atoms with Crippen LogP contribution in [0.2, 0.25) is 0 Å². The highest BCUT2D eigenvalue weighted by molar-refractivity contribution is 6.04. The van der Waals surface area contributed by atoms with E-state index in [9.17, 15) is 4.79 Å². The largest absolute Gasteiger partial charge is 0.465 e. The van der Waals surface area contributed by atoms with Crippen molar-refractivity contribution in [3.8, 4) is 22.5 Å². The Morgan fingerprint density at radius 1 is 0.923 bits per heavy atom. The maximum absolute atomic E-state index is 12.3. The number of benzene rings is 1. The molecule has 0 amide bonds. The molecule has 2 aliphatic carbocycles. The van der Waals surface area contributed by atoms with Crippen molar-refractivity contribution in [2.45, 2.75) is 19.8 Å². The van der Waals surface area contributed by atoms with E-state index in [1.165, 1.54) is 12.7 Å². The van der Waals surface area contributed by atoms with Gasteiger partial charge in [0.15, 0.2) is 0 Å². The highest BCUT2D eigenvalue weighted by atomic mass is 16.5. The second-order valence-electron chi connectivity index (χ2n) is 6.76. The van der Waals surface area contributed by atoms with Crippen molar-refractivity contribution >= 4 is 16.9 Å². The quantitative estimate of drug-likeness (QED) is 0.421. The number of rotatable bonds is 3. The summed E-state index contributed by atoms with van der Waals surface area (Å²) in [6.45, 7) is 4.31. The normalized spacial score (nSPS) is 11.4. The van der Waals surface area contributed by atoms with E-state index in [0.29, 0.717) is 11.5 Å². The van der Waals surface area contributed by atoms with Gasteiger partial charge in [-0.05, 0) is 40.8 Å². The van der Waals surface area contributed by atoms with Gasteiger partial charge in [-0.1, -0.05) is 56.3 Å². The zero-order valence-corrected chi connectivity index (χ0v) is 15.1. The monoisotopic (exact) mass is 344 g/mol. The third-order valence-corrected chi connectivity index (χ3v) is 4.81. The molecule has 0 aliphatic heterocycles. The summed E-state index contributed by atoms with van der Waals surface area (Å²) in [6.07, 6.45) is 0. The molecule has 0 unspecified atom stereocenters. The number of hydrogen-bond donors (Lipinski definition) is 0. The molecule has 26 heavy (non-hydrogen) atoms. The predicted octanol–water partition coefficient (Wildman–Crippen LogP) is 6.11. The molecule has 0 atom stereocenters. The minimum atomic E-state index is -0.338.